The number of morpholine rings is 1. The van der Waals surface area contributed by atoms with Gasteiger partial charge < -0.3 is 19.7 Å². The lowest BCUT2D eigenvalue weighted by atomic mass is 10.0. The minimum atomic E-state index is -4.05. The van der Waals surface area contributed by atoms with Gasteiger partial charge in [-0.3, -0.25) is 9.52 Å². The van der Waals surface area contributed by atoms with Crippen LogP contribution in [0, 0.1) is 0 Å². The predicted octanol–water partition coefficient (Wildman–Crippen LogP) is 7.47. The fourth-order valence-corrected chi connectivity index (χ4v) is 7.06. The number of carbonyl (C=O) groups is 1. The standard InChI is InChI=1S/C39H34N4O5S/c1-47-38-14-8-7-13-34(38)42-49(45,46)30-19-20-37(43-21-23-48-24-22-43)36(25-30)41-39(44)32-26-35(40-33-12-6-5-11-31(32)33)29-17-15-28(16-18-29)27-9-3-2-4-10-27/h2-20,25-26,42H,21-24H2,1H3,(H,41,44). The monoisotopic (exact) mass is 670 g/mol. The van der Waals surface area contributed by atoms with Crippen LogP contribution in [0.1, 0.15) is 10.4 Å². The maximum atomic E-state index is 14.3. The number of benzene rings is 5. The van der Waals surface area contributed by atoms with Crippen molar-refractivity contribution >= 4 is 43.9 Å². The number of amides is 1. The molecule has 2 N–H and O–H groups in total. The highest BCUT2D eigenvalue weighted by Crippen LogP contribution is 2.34. The van der Waals surface area contributed by atoms with Crippen molar-refractivity contribution in [2.45, 2.75) is 4.90 Å². The van der Waals surface area contributed by atoms with Crippen molar-refractivity contribution in [1.29, 1.82) is 0 Å². The first kappa shape index (κ1) is 31.9. The van der Waals surface area contributed by atoms with Gasteiger partial charge in [-0.2, -0.15) is 0 Å². The lowest BCUT2D eigenvalue weighted by Crippen LogP contribution is -2.36. The maximum Gasteiger partial charge on any atom is 0.262 e. The van der Waals surface area contributed by atoms with Crippen LogP contribution in [0.25, 0.3) is 33.3 Å². The molecule has 246 valence electrons. The summed E-state index contributed by atoms with van der Waals surface area (Å²) in [5.74, 6) is 0.00196. The van der Waals surface area contributed by atoms with Crippen molar-refractivity contribution in [3.63, 3.8) is 0 Å². The number of methoxy groups -OCH3 is 1. The van der Waals surface area contributed by atoms with Crippen LogP contribution >= 0.6 is 0 Å². The first-order valence-corrected chi connectivity index (χ1v) is 17.4. The zero-order valence-corrected chi connectivity index (χ0v) is 27.6. The number of ether oxygens (including phenoxy) is 2. The second-order valence-corrected chi connectivity index (χ2v) is 13.2. The van der Waals surface area contributed by atoms with Gasteiger partial charge in [-0.15, -0.1) is 0 Å². The molecular formula is C39H34N4O5S. The highest BCUT2D eigenvalue weighted by molar-refractivity contribution is 7.92. The Kier molecular flexibility index (Phi) is 8.97. The van der Waals surface area contributed by atoms with Crippen molar-refractivity contribution in [3.8, 4) is 28.1 Å². The SMILES string of the molecule is COc1ccccc1NS(=O)(=O)c1ccc(N2CCOCC2)c(NC(=O)c2cc(-c3ccc(-c4ccccc4)cc3)nc3ccccc23)c1. The van der Waals surface area contributed by atoms with Crippen molar-refractivity contribution in [2.24, 2.45) is 0 Å². The Labute approximate surface area is 285 Å². The quantitative estimate of drug-likeness (QED) is 0.164. The molecule has 5 aromatic carbocycles. The van der Waals surface area contributed by atoms with Gasteiger partial charge in [0.1, 0.15) is 5.75 Å². The molecule has 0 saturated carbocycles. The van der Waals surface area contributed by atoms with Crippen molar-refractivity contribution < 1.29 is 22.7 Å². The van der Waals surface area contributed by atoms with Crippen LogP contribution < -0.4 is 19.7 Å². The maximum absolute atomic E-state index is 14.3. The number of hydrogen-bond donors (Lipinski definition) is 2. The van der Waals surface area contributed by atoms with Crippen LogP contribution in [-0.4, -0.2) is 52.7 Å². The second-order valence-electron chi connectivity index (χ2n) is 11.6. The summed E-state index contributed by atoms with van der Waals surface area (Å²) >= 11 is 0. The first-order chi connectivity index (χ1) is 23.9. The molecule has 0 bridgehead atoms. The third kappa shape index (κ3) is 6.83. The van der Waals surface area contributed by atoms with E-state index in [0.29, 0.717) is 71.3 Å². The lowest BCUT2D eigenvalue weighted by Gasteiger charge is -2.31. The number of fused-ring (bicyclic) bond motifs is 1. The van der Waals surface area contributed by atoms with Gasteiger partial charge in [0.05, 0.1) is 59.1 Å². The molecule has 9 nitrogen and oxygen atoms in total. The number of rotatable bonds is 9. The molecule has 0 spiro atoms. The summed E-state index contributed by atoms with van der Waals surface area (Å²) in [6, 6.07) is 39.0. The van der Waals surface area contributed by atoms with Gasteiger partial charge in [-0.25, -0.2) is 13.4 Å². The van der Waals surface area contributed by atoms with Gasteiger partial charge in [0.25, 0.3) is 15.9 Å². The van der Waals surface area contributed by atoms with Gasteiger partial charge in [0.2, 0.25) is 0 Å². The molecule has 0 unspecified atom stereocenters. The molecule has 1 amide bonds. The molecule has 1 fully saturated rings. The first-order valence-electron chi connectivity index (χ1n) is 15.9. The molecule has 2 heterocycles. The van der Waals surface area contributed by atoms with Crippen molar-refractivity contribution in [3.05, 3.63) is 133 Å². The molecule has 1 aliphatic heterocycles. The third-order valence-electron chi connectivity index (χ3n) is 8.48. The minimum absolute atomic E-state index is 0.00973. The fourth-order valence-electron chi connectivity index (χ4n) is 5.96. The zero-order chi connectivity index (χ0) is 33.8. The van der Waals surface area contributed by atoms with E-state index in [0.717, 1.165) is 16.7 Å². The van der Waals surface area contributed by atoms with Crippen LogP contribution in [0.2, 0.25) is 0 Å². The number of carbonyl (C=O) groups excluding carboxylic acids is 1. The summed E-state index contributed by atoms with van der Waals surface area (Å²) < 4.78 is 40.8. The Morgan fingerprint density at radius 2 is 1.43 bits per heavy atom. The molecule has 49 heavy (non-hydrogen) atoms. The third-order valence-corrected chi connectivity index (χ3v) is 9.84. The van der Waals surface area contributed by atoms with E-state index in [-0.39, 0.29) is 10.8 Å². The number of sulfonamides is 1. The van der Waals surface area contributed by atoms with Crippen molar-refractivity contribution in [1.82, 2.24) is 4.98 Å². The summed E-state index contributed by atoms with van der Waals surface area (Å²) in [7, 11) is -2.57. The number of anilines is 3. The molecule has 10 heteroatoms. The van der Waals surface area contributed by atoms with E-state index in [4.69, 9.17) is 14.5 Å². The van der Waals surface area contributed by atoms with E-state index in [1.165, 1.54) is 19.2 Å². The molecule has 0 radical (unpaired) electrons. The summed E-state index contributed by atoms with van der Waals surface area (Å²) in [5.41, 5.74) is 6.16. The Morgan fingerprint density at radius 1 is 0.755 bits per heavy atom. The number of hydrogen-bond acceptors (Lipinski definition) is 7. The largest absolute Gasteiger partial charge is 0.495 e. The second kappa shape index (κ2) is 13.8. The number of nitrogens with one attached hydrogen (secondary N) is 2. The van der Waals surface area contributed by atoms with Crippen LogP contribution in [-0.2, 0) is 14.8 Å². The number of pyridine rings is 1. The highest BCUT2D eigenvalue weighted by Gasteiger charge is 2.23. The molecule has 1 aromatic heterocycles. The average molecular weight is 671 g/mol. The van der Waals surface area contributed by atoms with Crippen LogP contribution in [0.15, 0.2) is 132 Å². The van der Waals surface area contributed by atoms with Gasteiger partial charge in [-0.05, 0) is 53.6 Å². The van der Waals surface area contributed by atoms with Gasteiger partial charge >= 0.3 is 0 Å². The Balaban J connectivity index is 1.26. The summed E-state index contributed by atoms with van der Waals surface area (Å²) in [5, 5.41) is 3.74. The van der Waals surface area contributed by atoms with E-state index in [1.54, 1.807) is 36.4 Å². The Morgan fingerprint density at radius 3 is 2.20 bits per heavy atom. The molecule has 6 aromatic rings. The van der Waals surface area contributed by atoms with Crippen molar-refractivity contribution in [2.75, 3.05) is 48.4 Å². The normalized spacial score (nSPS) is 13.2. The summed E-state index contributed by atoms with van der Waals surface area (Å²) in [4.78, 5) is 21.2. The topological polar surface area (TPSA) is 110 Å². The van der Waals surface area contributed by atoms with E-state index >= 15 is 0 Å². The van der Waals surface area contributed by atoms with Crippen LogP contribution in [0.5, 0.6) is 5.75 Å². The molecule has 0 aliphatic carbocycles. The van der Waals surface area contributed by atoms with E-state index in [1.807, 2.05) is 66.7 Å². The lowest BCUT2D eigenvalue weighted by molar-refractivity contribution is 0.102. The van der Waals surface area contributed by atoms with E-state index < -0.39 is 10.0 Å². The van der Waals surface area contributed by atoms with Gasteiger partial charge in [-0.1, -0.05) is 84.9 Å². The Bertz CT molecular complexity index is 2240. The smallest absolute Gasteiger partial charge is 0.262 e. The molecular weight excluding hydrogens is 637 g/mol. The number of aromatic nitrogens is 1. The average Bonchev–Trinajstić information content (AvgIpc) is 3.15. The fraction of sp³-hybridized carbons (Fsp3) is 0.128. The summed E-state index contributed by atoms with van der Waals surface area (Å²) in [6.45, 7) is 2.22. The van der Waals surface area contributed by atoms with Crippen LogP contribution in [0.3, 0.4) is 0 Å². The molecule has 7 rings (SSSR count). The highest BCUT2D eigenvalue weighted by atomic mass is 32.2. The Hall–Kier alpha value is -5.71. The van der Waals surface area contributed by atoms with E-state index in [9.17, 15) is 13.2 Å². The van der Waals surface area contributed by atoms with Gasteiger partial charge in [0.15, 0.2) is 0 Å². The molecule has 1 saturated heterocycles. The van der Waals surface area contributed by atoms with Gasteiger partial charge in [0, 0.05) is 24.0 Å². The minimum Gasteiger partial charge on any atom is -0.495 e. The van der Waals surface area contributed by atoms with Crippen LogP contribution in [0.4, 0.5) is 17.1 Å². The number of para-hydroxylation sites is 3. The molecule has 1 aliphatic rings. The molecule has 0 atom stereocenters. The predicted molar refractivity (Wildman–Crippen MR) is 194 cm³/mol. The zero-order valence-electron chi connectivity index (χ0n) is 26.8. The van der Waals surface area contributed by atoms with E-state index in [2.05, 4.69) is 27.1 Å². The summed E-state index contributed by atoms with van der Waals surface area (Å²) in [6.07, 6.45) is 0. The number of nitrogens with zero attached hydrogens (tertiary/aromatic N) is 2.